The number of carbonyl (C=O) groups is 1. The van der Waals surface area contributed by atoms with E-state index in [2.05, 4.69) is 5.10 Å². The normalized spacial score (nSPS) is 17.2. The van der Waals surface area contributed by atoms with E-state index >= 15 is 0 Å². The van der Waals surface area contributed by atoms with Crippen molar-refractivity contribution in [2.24, 2.45) is 0 Å². The Bertz CT molecular complexity index is 873. The van der Waals surface area contributed by atoms with E-state index in [0.29, 0.717) is 19.5 Å². The number of aryl methyl sites for hydroxylation is 1. The zero-order chi connectivity index (χ0) is 17.3. The Morgan fingerprint density at radius 2 is 2.17 bits per heavy atom. The van der Waals surface area contributed by atoms with Gasteiger partial charge in [-0.05, 0) is 30.5 Å². The highest BCUT2D eigenvalue weighted by molar-refractivity contribution is 7.89. The van der Waals surface area contributed by atoms with Gasteiger partial charge in [0.2, 0.25) is 10.0 Å². The number of aliphatic carboxylic acids is 1. The number of sulfonamides is 1. The van der Waals surface area contributed by atoms with Gasteiger partial charge < -0.3 is 5.11 Å². The molecule has 1 N–H and O–H groups in total. The highest BCUT2D eigenvalue weighted by Crippen LogP contribution is 2.25. The van der Waals surface area contributed by atoms with Crippen LogP contribution in [0.1, 0.15) is 17.7 Å². The Kier molecular flexibility index (Phi) is 4.42. The molecule has 8 heteroatoms. The Hall–Kier alpha value is -2.19. The van der Waals surface area contributed by atoms with Gasteiger partial charge in [0.1, 0.15) is 6.54 Å². The summed E-state index contributed by atoms with van der Waals surface area (Å²) in [6, 6.07) is 7.62. The maximum atomic E-state index is 11.9. The van der Waals surface area contributed by atoms with Crippen molar-refractivity contribution in [3.05, 3.63) is 41.7 Å². The molecule has 1 aromatic heterocycles. The fourth-order valence-electron chi connectivity index (χ4n) is 2.93. The van der Waals surface area contributed by atoms with Crippen molar-refractivity contribution < 1.29 is 18.3 Å². The molecule has 0 atom stereocenters. The van der Waals surface area contributed by atoms with E-state index in [9.17, 15) is 13.2 Å². The highest BCUT2D eigenvalue weighted by Gasteiger charge is 2.28. The second-order valence-corrected chi connectivity index (χ2v) is 8.01. The summed E-state index contributed by atoms with van der Waals surface area (Å²) in [7, 11) is -3.13. The van der Waals surface area contributed by atoms with Gasteiger partial charge in [0.15, 0.2) is 0 Å². The number of nitrogens with zero attached hydrogens (tertiary/aromatic N) is 3. The average Bonchev–Trinajstić information content (AvgIpc) is 3.01. The fourth-order valence-corrected chi connectivity index (χ4v) is 4.44. The van der Waals surface area contributed by atoms with Gasteiger partial charge in [0.05, 0.1) is 11.4 Å². The van der Waals surface area contributed by atoms with Crippen molar-refractivity contribution in [3.8, 4) is 11.1 Å². The molecular formula is C16H19N3O4S. The average molecular weight is 349 g/mol. The lowest BCUT2D eigenvalue weighted by molar-refractivity contribution is -0.137. The number of rotatable bonds is 5. The first-order valence-corrected chi connectivity index (χ1v) is 9.29. The molecule has 2 heterocycles. The van der Waals surface area contributed by atoms with Crippen LogP contribution in [0, 0.1) is 6.92 Å². The lowest BCUT2D eigenvalue weighted by Crippen LogP contribution is -2.25. The second kappa shape index (κ2) is 6.37. The van der Waals surface area contributed by atoms with E-state index < -0.39 is 16.0 Å². The van der Waals surface area contributed by atoms with E-state index in [4.69, 9.17) is 5.11 Å². The van der Waals surface area contributed by atoms with Crippen molar-refractivity contribution in [2.45, 2.75) is 26.4 Å². The molecular weight excluding hydrogens is 330 g/mol. The smallest absolute Gasteiger partial charge is 0.325 e. The minimum absolute atomic E-state index is 0.188. The van der Waals surface area contributed by atoms with Gasteiger partial charge in [-0.1, -0.05) is 18.2 Å². The molecule has 128 valence electrons. The van der Waals surface area contributed by atoms with Crippen molar-refractivity contribution in [1.82, 2.24) is 14.1 Å². The van der Waals surface area contributed by atoms with Gasteiger partial charge in [-0.15, -0.1) is 0 Å². The standard InChI is InChI=1S/C16H19N3O4S/c1-12-15(10-18(17-12)11-16(20)21)14-5-2-4-13(8-14)9-19-6-3-7-24(19,22)23/h2,4-5,8,10H,3,6-7,9,11H2,1H3,(H,20,21). The Morgan fingerprint density at radius 3 is 2.83 bits per heavy atom. The summed E-state index contributed by atoms with van der Waals surface area (Å²) in [5, 5.41) is 13.1. The van der Waals surface area contributed by atoms with Crippen LogP contribution in [0.4, 0.5) is 0 Å². The summed E-state index contributed by atoms with van der Waals surface area (Å²) in [5.41, 5.74) is 3.39. The minimum atomic E-state index is -3.13. The number of benzene rings is 1. The molecule has 0 aliphatic carbocycles. The van der Waals surface area contributed by atoms with Gasteiger partial charge >= 0.3 is 5.97 Å². The monoisotopic (exact) mass is 349 g/mol. The third kappa shape index (κ3) is 3.49. The highest BCUT2D eigenvalue weighted by atomic mass is 32.2. The van der Waals surface area contributed by atoms with Crippen LogP contribution in [0.3, 0.4) is 0 Å². The molecule has 1 fully saturated rings. The maximum absolute atomic E-state index is 11.9. The minimum Gasteiger partial charge on any atom is -0.480 e. The molecule has 0 saturated carbocycles. The van der Waals surface area contributed by atoms with Crippen LogP contribution in [0.5, 0.6) is 0 Å². The van der Waals surface area contributed by atoms with Crippen LogP contribution in [0.2, 0.25) is 0 Å². The Morgan fingerprint density at radius 1 is 1.38 bits per heavy atom. The first kappa shape index (κ1) is 16.7. The molecule has 0 unspecified atom stereocenters. The summed E-state index contributed by atoms with van der Waals surface area (Å²) >= 11 is 0. The van der Waals surface area contributed by atoms with Crippen LogP contribution in [0.15, 0.2) is 30.5 Å². The van der Waals surface area contributed by atoms with Crippen LogP contribution in [0.25, 0.3) is 11.1 Å². The first-order valence-electron chi connectivity index (χ1n) is 7.68. The summed E-state index contributed by atoms with van der Waals surface area (Å²) in [6.45, 7) is 2.55. The molecule has 0 bridgehead atoms. The third-order valence-corrected chi connectivity index (χ3v) is 5.95. The van der Waals surface area contributed by atoms with Crippen LogP contribution >= 0.6 is 0 Å². The molecule has 3 rings (SSSR count). The molecule has 1 aliphatic rings. The van der Waals surface area contributed by atoms with Crippen molar-refractivity contribution in [1.29, 1.82) is 0 Å². The number of carboxylic acid groups (broad SMARTS) is 1. The van der Waals surface area contributed by atoms with Gasteiger partial charge in [-0.2, -0.15) is 9.40 Å². The number of hydrogen-bond acceptors (Lipinski definition) is 4. The number of carboxylic acids is 1. The molecule has 24 heavy (non-hydrogen) atoms. The zero-order valence-corrected chi connectivity index (χ0v) is 14.2. The van der Waals surface area contributed by atoms with E-state index in [1.54, 1.807) is 6.20 Å². The molecule has 0 spiro atoms. The summed E-state index contributed by atoms with van der Waals surface area (Å²) < 4.78 is 26.8. The van der Waals surface area contributed by atoms with Crippen LogP contribution < -0.4 is 0 Å². The SMILES string of the molecule is Cc1nn(CC(=O)O)cc1-c1cccc(CN2CCCS2(=O)=O)c1. The van der Waals surface area contributed by atoms with Gasteiger partial charge in [0, 0.05) is 24.8 Å². The summed E-state index contributed by atoms with van der Waals surface area (Å²) in [6.07, 6.45) is 2.37. The van der Waals surface area contributed by atoms with Gasteiger partial charge in [0.25, 0.3) is 0 Å². The lowest BCUT2D eigenvalue weighted by Gasteiger charge is -2.14. The van der Waals surface area contributed by atoms with E-state index in [1.165, 1.54) is 8.99 Å². The van der Waals surface area contributed by atoms with Gasteiger partial charge in [-0.3, -0.25) is 9.48 Å². The molecule has 1 aliphatic heterocycles. The van der Waals surface area contributed by atoms with E-state index in [0.717, 1.165) is 22.4 Å². The lowest BCUT2D eigenvalue weighted by atomic mass is 10.0. The number of aromatic nitrogens is 2. The predicted octanol–water partition coefficient (Wildman–Crippen LogP) is 1.48. The molecule has 1 saturated heterocycles. The predicted molar refractivity (Wildman–Crippen MR) is 88.8 cm³/mol. The largest absolute Gasteiger partial charge is 0.480 e. The van der Waals surface area contributed by atoms with Crippen molar-refractivity contribution in [2.75, 3.05) is 12.3 Å². The fraction of sp³-hybridized carbons (Fsp3) is 0.375. The van der Waals surface area contributed by atoms with E-state index in [-0.39, 0.29) is 12.3 Å². The molecule has 2 aromatic rings. The maximum Gasteiger partial charge on any atom is 0.325 e. The Balaban J connectivity index is 1.85. The van der Waals surface area contributed by atoms with Crippen molar-refractivity contribution in [3.63, 3.8) is 0 Å². The Labute approximate surface area is 140 Å². The van der Waals surface area contributed by atoms with Crippen LogP contribution in [-0.4, -0.2) is 45.9 Å². The first-order chi connectivity index (χ1) is 11.3. The summed E-state index contributed by atoms with van der Waals surface area (Å²) in [4.78, 5) is 10.8. The van der Waals surface area contributed by atoms with Crippen LogP contribution in [-0.2, 0) is 27.9 Å². The third-order valence-electron chi connectivity index (χ3n) is 4.04. The number of hydrogen-bond donors (Lipinski definition) is 1. The topological polar surface area (TPSA) is 92.5 Å². The summed E-state index contributed by atoms with van der Waals surface area (Å²) in [5.74, 6) is -0.731. The molecule has 7 nitrogen and oxygen atoms in total. The van der Waals surface area contributed by atoms with Crippen molar-refractivity contribution >= 4 is 16.0 Å². The molecule has 0 amide bonds. The van der Waals surface area contributed by atoms with E-state index in [1.807, 2.05) is 31.2 Å². The van der Waals surface area contributed by atoms with Gasteiger partial charge in [-0.25, -0.2) is 8.42 Å². The molecule has 1 aromatic carbocycles. The second-order valence-electron chi connectivity index (χ2n) is 5.92. The zero-order valence-electron chi connectivity index (χ0n) is 13.3. The quantitative estimate of drug-likeness (QED) is 0.882. The molecule has 0 radical (unpaired) electrons.